The molecule has 5 nitrogen and oxygen atoms in total. The molecular weight excluding hydrogens is 292 g/mol. The second-order valence-corrected chi connectivity index (χ2v) is 4.67. The molecule has 0 aliphatic carbocycles. The van der Waals surface area contributed by atoms with Crippen molar-refractivity contribution in [1.29, 1.82) is 0 Å². The summed E-state index contributed by atoms with van der Waals surface area (Å²) in [6.07, 6.45) is 0. The minimum absolute atomic E-state index is 0.0726. The summed E-state index contributed by atoms with van der Waals surface area (Å²) in [4.78, 5) is 23.0. The predicted molar refractivity (Wildman–Crippen MR) is 80.7 cm³/mol. The second kappa shape index (κ2) is 6.76. The van der Waals surface area contributed by atoms with Gasteiger partial charge in [0.25, 0.3) is 0 Å². The van der Waals surface area contributed by atoms with E-state index in [1.54, 1.807) is 6.07 Å². The Labute approximate surface area is 126 Å². The van der Waals surface area contributed by atoms with Crippen molar-refractivity contribution < 1.29 is 14.7 Å². The maximum atomic E-state index is 11.8. The number of nitrogens with one attached hydrogen (secondary N) is 2. The molecule has 2 aromatic rings. The number of rotatable bonds is 4. The van der Waals surface area contributed by atoms with Crippen LogP contribution in [-0.2, 0) is 6.54 Å². The molecule has 0 saturated heterocycles. The number of carboxylic acid groups (broad SMARTS) is 1. The fourth-order valence-corrected chi connectivity index (χ4v) is 2.05. The van der Waals surface area contributed by atoms with Crippen molar-refractivity contribution in [1.82, 2.24) is 5.32 Å². The third kappa shape index (κ3) is 3.97. The summed E-state index contributed by atoms with van der Waals surface area (Å²) in [5.74, 6) is -1.20. The molecule has 0 aliphatic rings. The topological polar surface area (TPSA) is 78.4 Å². The van der Waals surface area contributed by atoms with Crippen LogP contribution in [0.25, 0.3) is 0 Å². The van der Waals surface area contributed by atoms with Gasteiger partial charge < -0.3 is 15.7 Å². The summed E-state index contributed by atoms with van der Waals surface area (Å²) >= 11 is 5.83. The van der Waals surface area contributed by atoms with Gasteiger partial charge in [0.2, 0.25) is 0 Å². The molecule has 0 unspecified atom stereocenters. The molecule has 0 aromatic heterocycles. The molecule has 0 fully saturated rings. The third-order valence-electron chi connectivity index (χ3n) is 2.77. The highest BCUT2D eigenvalue weighted by Crippen LogP contribution is 2.24. The number of carboxylic acids is 1. The lowest BCUT2D eigenvalue weighted by molar-refractivity contribution is 0.0698. The van der Waals surface area contributed by atoms with Gasteiger partial charge in [-0.2, -0.15) is 0 Å². The Morgan fingerprint density at radius 3 is 2.43 bits per heavy atom. The average Bonchev–Trinajstić information content (AvgIpc) is 2.46. The molecule has 108 valence electrons. The molecule has 0 aliphatic heterocycles. The zero-order valence-corrected chi connectivity index (χ0v) is 11.7. The number of hydrogen-bond acceptors (Lipinski definition) is 2. The van der Waals surface area contributed by atoms with E-state index in [2.05, 4.69) is 10.6 Å². The van der Waals surface area contributed by atoms with Crippen LogP contribution < -0.4 is 10.6 Å². The van der Waals surface area contributed by atoms with Crippen LogP contribution in [0.2, 0.25) is 5.02 Å². The maximum Gasteiger partial charge on any atom is 0.339 e. The van der Waals surface area contributed by atoms with Gasteiger partial charge in [0, 0.05) is 6.54 Å². The Bertz CT molecular complexity index is 659. The number of carbonyl (C=O) groups is 2. The quantitative estimate of drug-likeness (QED) is 0.810. The van der Waals surface area contributed by atoms with E-state index in [1.807, 2.05) is 30.3 Å². The van der Waals surface area contributed by atoms with Gasteiger partial charge in [0.1, 0.15) is 5.56 Å². The summed E-state index contributed by atoms with van der Waals surface area (Å²) in [5, 5.41) is 14.3. The number of aromatic carboxylic acids is 1. The molecule has 0 radical (unpaired) electrons. The van der Waals surface area contributed by atoms with Gasteiger partial charge in [-0.25, -0.2) is 9.59 Å². The van der Waals surface area contributed by atoms with Crippen molar-refractivity contribution in [2.45, 2.75) is 6.54 Å². The maximum absolute atomic E-state index is 11.8. The number of hydrogen-bond donors (Lipinski definition) is 3. The van der Waals surface area contributed by atoms with Crippen LogP contribution in [0.15, 0.2) is 48.5 Å². The fraction of sp³-hybridized carbons (Fsp3) is 0.0667. The number of amides is 2. The van der Waals surface area contributed by atoms with Crippen molar-refractivity contribution in [3.63, 3.8) is 0 Å². The molecule has 3 N–H and O–H groups in total. The zero-order chi connectivity index (χ0) is 15.2. The smallest absolute Gasteiger partial charge is 0.339 e. The highest BCUT2D eigenvalue weighted by molar-refractivity contribution is 6.34. The molecular formula is C15H13ClN2O3. The molecule has 2 amide bonds. The normalized spacial score (nSPS) is 9.95. The van der Waals surface area contributed by atoms with Gasteiger partial charge in [0.05, 0.1) is 10.7 Å². The monoisotopic (exact) mass is 304 g/mol. The summed E-state index contributed by atoms with van der Waals surface area (Å²) < 4.78 is 0. The summed E-state index contributed by atoms with van der Waals surface area (Å²) in [6.45, 7) is 0.343. The van der Waals surface area contributed by atoms with E-state index in [-0.39, 0.29) is 16.3 Å². The third-order valence-corrected chi connectivity index (χ3v) is 3.09. The van der Waals surface area contributed by atoms with Crippen LogP contribution in [0.4, 0.5) is 10.5 Å². The first-order valence-electron chi connectivity index (χ1n) is 6.18. The van der Waals surface area contributed by atoms with E-state index in [9.17, 15) is 9.59 Å². The lowest BCUT2D eigenvalue weighted by atomic mass is 10.2. The average molecular weight is 305 g/mol. The predicted octanol–water partition coefficient (Wildman–Crippen LogP) is 3.36. The largest absolute Gasteiger partial charge is 0.478 e. The summed E-state index contributed by atoms with van der Waals surface area (Å²) in [6, 6.07) is 13.4. The van der Waals surface area contributed by atoms with Crippen molar-refractivity contribution in [2.75, 3.05) is 5.32 Å². The van der Waals surface area contributed by atoms with Crippen LogP contribution in [0, 0.1) is 0 Å². The lowest BCUT2D eigenvalue weighted by Crippen LogP contribution is -2.28. The van der Waals surface area contributed by atoms with Crippen molar-refractivity contribution in [3.05, 3.63) is 64.7 Å². The van der Waals surface area contributed by atoms with Crippen LogP contribution >= 0.6 is 11.6 Å². The minimum atomic E-state index is -1.20. The van der Waals surface area contributed by atoms with Gasteiger partial charge in [-0.1, -0.05) is 48.0 Å². The first-order valence-corrected chi connectivity index (χ1v) is 6.56. The van der Waals surface area contributed by atoms with Crippen LogP contribution in [0.5, 0.6) is 0 Å². The molecule has 0 bridgehead atoms. The van der Waals surface area contributed by atoms with E-state index in [4.69, 9.17) is 16.7 Å². The standard InChI is InChI=1S/C15H13ClN2O3/c16-11-7-4-8-12(13(11)14(19)20)18-15(21)17-9-10-5-2-1-3-6-10/h1-8H,9H2,(H,19,20)(H2,17,18,21). The number of benzene rings is 2. The Kier molecular flexibility index (Phi) is 4.79. The molecule has 2 rings (SSSR count). The van der Waals surface area contributed by atoms with E-state index in [0.717, 1.165) is 5.56 Å². The molecule has 0 atom stereocenters. The van der Waals surface area contributed by atoms with Crippen LogP contribution in [-0.4, -0.2) is 17.1 Å². The van der Waals surface area contributed by atoms with Gasteiger partial charge >= 0.3 is 12.0 Å². The molecule has 0 saturated carbocycles. The lowest BCUT2D eigenvalue weighted by Gasteiger charge is -2.11. The minimum Gasteiger partial charge on any atom is -0.478 e. The first-order chi connectivity index (χ1) is 10.1. The number of anilines is 1. The van der Waals surface area contributed by atoms with Crippen LogP contribution in [0.3, 0.4) is 0 Å². The Balaban J connectivity index is 2.03. The van der Waals surface area contributed by atoms with E-state index in [1.165, 1.54) is 12.1 Å². The number of urea groups is 1. The van der Waals surface area contributed by atoms with E-state index >= 15 is 0 Å². The van der Waals surface area contributed by atoms with Gasteiger partial charge in [0.15, 0.2) is 0 Å². The molecule has 6 heteroatoms. The van der Waals surface area contributed by atoms with Gasteiger partial charge in [-0.15, -0.1) is 0 Å². The fourth-order valence-electron chi connectivity index (χ4n) is 1.79. The Morgan fingerprint density at radius 2 is 1.76 bits per heavy atom. The highest BCUT2D eigenvalue weighted by Gasteiger charge is 2.15. The van der Waals surface area contributed by atoms with E-state index in [0.29, 0.717) is 6.54 Å². The van der Waals surface area contributed by atoms with E-state index < -0.39 is 12.0 Å². The molecule has 21 heavy (non-hydrogen) atoms. The SMILES string of the molecule is O=C(NCc1ccccc1)Nc1cccc(Cl)c1C(=O)O. The highest BCUT2D eigenvalue weighted by atomic mass is 35.5. The van der Waals surface area contributed by atoms with Crippen molar-refractivity contribution >= 4 is 29.3 Å². The number of carbonyl (C=O) groups excluding carboxylic acids is 1. The first kappa shape index (κ1) is 14.9. The Morgan fingerprint density at radius 1 is 1.05 bits per heavy atom. The number of halogens is 1. The van der Waals surface area contributed by atoms with Crippen LogP contribution in [0.1, 0.15) is 15.9 Å². The second-order valence-electron chi connectivity index (χ2n) is 4.26. The Hall–Kier alpha value is -2.53. The molecule has 2 aromatic carbocycles. The van der Waals surface area contributed by atoms with Gasteiger partial charge in [-0.3, -0.25) is 0 Å². The van der Waals surface area contributed by atoms with Gasteiger partial charge in [-0.05, 0) is 17.7 Å². The zero-order valence-electron chi connectivity index (χ0n) is 11.0. The van der Waals surface area contributed by atoms with Crippen molar-refractivity contribution in [3.8, 4) is 0 Å². The van der Waals surface area contributed by atoms with Crippen molar-refractivity contribution in [2.24, 2.45) is 0 Å². The molecule has 0 spiro atoms. The summed E-state index contributed by atoms with van der Waals surface area (Å²) in [5.41, 5.74) is 0.965. The molecule has 0 heterocycles. The summed E-state index contributed by atoms with van der Waals surface area (Å²) in [7, 11) is 0.